The van der Waals surface area contributed by atoms with E-state index in [0.717, 1.165) is 12.5 Å². The maximum Gasteiger partial charge on any atom is 0.0752 e. The Kier molecular flexibility index (Phi) is 3.13. The third kappa shape index (κ3) is 1.82. The Labute approximate surface area is 87.4 Å². The Morgan fingerprint density at radius 1 is 1.50 bits per heavy atom. The van der Waals surface area contributed by atoms with Crippen LogP contribution in [0.2, 0.25) is 0 Å². The van der Waals surface area contributed by atoms with E-state index in [1.807, 2.05) is 0 Å². The molecule has 0 saturated carbocycles. The highest BCUT2D eigenvalue weighted by atomic mass is 16.5. The monoisotopic (exact) mass is 197 g/mol. The summed E-state index contributed by atoms with van der Waals surface area (Å²) < 4.78 is 5.51. The third-order valence-corrected chi connectivity index (χ3v) is 4.02. The van der Waals surface area contributed by atoms with E-state index in [9.17, 15) is 0 Å². The molecule has 1 unspecified atom stereocenters. The van der Waals surface area contributed by atoms with Gasteiger partial charge < -0.3 is 10.1 Å². The van der Waals surface area contributed by atoms with Gasteiger partial charge in [0, 0.05) is 0 Å². The van der Waals surface area contributed by atoms with E-state index < -0.39 is 0 Å². The van der Waals surface area contributed by atoms with Crippen LogP contribution in [0.1, 0.15) is 46.0 Å². The van der Waals surface area contributed by atoms with Crippen LogP contribution in [-0.4, -0.2) is 24.8 Å². The summed E-state index contributed by atoms with van der Waals surface area (Å²) in [7, 11) is 0. The Morgan fingerprint density at radius 2 is 2.36 bits per heavy atom. The van der Waals surface area contributed by atoms with Crippen molar-refractivity contribution in [1.29, 1.82) is 0 Å². The van der Waals surface area contributed by atoms with E-state index in [4.69, 9.17) is 4.74 Å². The first-order valence-corrected chi connectivity index (χ1v) is 6.13. The molecule has 0 aromatic heterocycles. The van der Waals surface area contributed by atoms with Crippen LogP contribution in [0.5, 0.6) is 0 Å². The lowest BCUT2D eigenvalue weighted by Crippen LogP contribution is -2.68. The molecule has 82 valence electrons. The summed E-state index contributed by atoms with van der Waals surface area (Å²) in [5.74, 6) is 0.947. The molecule has 2 aliphatic heterocycles. The van der Waals surface area contributed by atoms with Gasteiger partial charge in [0.1, 0.15) is 0 Å². The molecular weight excluding hydrogens is 174 g/mol. The van der Waals surface area contributed by atoms with Gasteiger partial charge in [0.2, 0.25) is 0 Å². The summed E-state index contributed by atoms with van der Waals surface area (Å²) in [4.78, 5) is 0. The zero-order valence-corrected chi connectivity index (χ0v) is 9.51. The standard InChI is InChI=1S/C12H23NO/c1-3-4-5-11-6-7-13-12(8-11)9-14-10(12)2/h10-11,13H,3-9H2,1-2H3/t10?,11-,12-/m1/s1. The second kappa shape index (κ2) is 4.19. The lowest BCUT2D eigenvalue weighted by atomic mass is 9.75. The SMILES string of the molecule is CCCC[C@@H]1CCN[C@@]2(COC2C)C1. The molecule has 0 aliphatic carbocycles. The molecule has 14 heavy (non-hydrogen) atoms. The van der Waals surface area contributed by atoms with Crippen molar-refractivity contribution in [2.75, 3.05) is 13.2 Å². The molecule has 2 heteroatoms. The Bertz CT molecular complexity index is 195. The number of piperidine rings is 1. The molecule has 3 atom stereocenters. The minimum atomic E-state index is 0.358. The summed E-state index contributed by atoms with van der Waals surface area (Å²) in [6, 6.07) is 0. The van der Waals surface area contributed by atoms with Crippen molar-refractivity contribution in [3.05, 3.63) is 0 Å². The fraction of sp³-hybridized carbons (Fsp3) is 1.00. The molecule has 1 spiro atoms. The maximum absolute atomic E-state index is 5.51. The smallest absolute Gasteiger partial charge is 0.0752 e. The number of hydrogen-bond acceptors (Lipinski definition) is 2. The summed E-state index contributed by atoms with van der Waals surface area (Å²) >= 11 is 0. The van der Waals surface area contributed by atoms with Gasteiger partial charge in [-0.05, 0) is 32.2 Å². The first-order valence-electron chi connectivity index (χ1n) is 6.13. The van der Waals surface area contributed by atoms with Crippen molar-refractivity contribution in [3.8, 4) is 0 Å². The van der Waals surface area contributed by atoms with Gasteiger partial charge in [-0.1, -0.05) is 26.2 Å². The average Bonchev–Trinajstić information content (AvgIpc) is 2.24. The summed E-state index contributed by atoms with van der Waals surface area (Å²) in [5, 5.41) is 3.66. The molecule has 1 N–H and O–H groups in total. The van der Waals surface area contributed by atoms with Crippen molar-refractivity contribution < 1.29 is 4.74 Å². The highest BCUT2D eigenvalue weighted by molar-refractivity contribution is 5.04. The molecule has 2 heterocycles. The van der Waals surface area contributed by atoms with E-state index in [-0.39, 0.29) is 0 Å². The fourth-order valence-corrected chi connectivity index (χ4v) is 2.82. The quantitative estimate of drug-likeness (QED) is 0.750. The zero-order chi connectivity index (χ0) is 10.0. The molecule has 2 rings (SSSR count). The lowest BCUT2D eigenvalue weighted by Gasteiger charge is -2.52. The van der Waals surface area contributed by atoms with E-state index >= 15 is 0 Å². The van der Waals surface area contributed by atoms with Crippen molar-refractivity contribution in [2.24, 2.45) is 5.92 Å². The molecule has 0 bridgehead atoms. The van der Waals surface area contributed by atoms with Crippen molar-refractivity contribution >= 4 is 0 Å². The number of ether oxygens (including phenoxy) is 1. The normalized spacial score (nSPS) is 42.4. The summed E-state index contributed by atoms with van der Waals surface area (Å²) in [6.07, 6.45) is 7.31. The predicted molar refractivity (Wildman–Crippen MR) is 58.4 cm³/mol. The number of rotatable bonds is 3. The lowest BCUT2D eigenvalue weighted by molar-refractivity contribution is -0.156. The van der Waals surface area contributed by atoms with Gasteiger partial charge in [0.25, 0.3) is 0 Å². The third-order valence-electron chi connectivity index (χ3n) is 4.02. The van der Waals surface area contributed by atoms with E-state index in [1.54, 1.807) is 0 Å². The average molecular weight is 197 g/mol. The van der Waals surface area contributed by atoms with Gasteiger partial charge >= 0.3 is 0 Å². The first kappa shape index (κ1) is 10.4. The minimum Gasteiger partial charge on any atom is -0.374 e. The molecular formula is C12H23NO. The maximum atomic E-state index is 5.51. The van der Waals surface area contributed by atoms with Gasteiger partial charge in [0.05, 0.1) is 18.2 Å². The molecule has 0 aromatic rings. The van der Waals surface area contributed by atoms with Gasteiger partial charge in [-0.2, -0.15) is 0 Å². The van der Waals surface area contributed by atoms with E-state index in [1.165, 1.54) is 38.6 Å². The van der Waals surface area contributed by atoms with Crippen LogP contribution in [-0.2, 0) is 4.74 Å². The van der Waals surface area contributed by atoms with E-state index in [0.29, 0.717) is 11.6 Å². The number of nitrogens with one attached hydrogen (secondary N) is 1. The van der Waals surface area contributed by atoms with Crippen LogP contribution in [0.3, 0.4) is 0 Å². The van der Waals surface area contributed by atoms with Gasteiger partial charge in [-0.15, -0.1) is 0 Å². The van der Waals surface area contributed by atoms with Gasteiger partial charge in [-0.25, -0.2) is 0 Å². The Balaban J connectivity index is 1.84. The minimum absolute atomic E-state index is 0.358. The second-order valence-corrected chi connectivity index (χ2v) is 5.04. The van der Waals surface area contributed by atoms with Gasteiger partial charge in [-0.3, -0.25) is 0 Å². The Morgan fingerprint density at radius 3 is 2.93 bits per heavy atom. The number of unbranched alkanes of at least 4 members (excludes halogenated alkanes) is 1. The molecule has 0 radical (unpaired) electrons. The topological polar surface area (TPSA) is 21.3 Å². The zero-order valence-electron chi connectivity index (χ0n) is 9.51. The van der Waals surface area contributed by atoms with Crippen LogP contribution in [0.4, 0.5) is 0 Å². The van der Waals surface area contributed by atoms with Crippen molar-refractivity contribution in [1.82, 2.24) is 5.32 Å². The van der Waals surface area contributed by atoms with Crippen LogP contribution in [0.25, 0.3) is 0 Å². The summed E-state index contributed by atoms with van der Waals surface area (Å²) in [6.45, 7) is 6.63. The van der Waals surface area contributed by atoms with Crippen LogP contribution in [0.15, 0.2) is 0 Å². The Hall–Kier alpha value is -0.0800. The first-order chi connectivity index (χ1) is 6.77. The van der Waals surface area contributed by atoms with Crippen LogP contribution >= 0.6 is 0 Å². The summed E-state index contributed by atoms with van der Waals surface area (Å²) in [5.41, 5.74) is 0.358. The highest BCUT2D eigenvalue weighted by Gasteiger charge is 2.48. The predicted octanol–water partition coefficient (Wildman–Crippen LogP) is 2.33. The molecule has 2 aliphatic rings. The van der Waals surface area contributed by atoms with Crippen LogP contribution in [0, 0.1) is 5.92 Å². The molecule has 2 nitrogen and oxygen atoms in total. The van der Waals surface area contributed by atoms with Gasteiger partial charge in [0.15, 0.2) is 0 Å². The molecule has 2 fully saturated rings. The van der Waals surface area contributed by atoms with E-state index in [2.05, 4.69) is 19.2 Å². The fourth-order valence-electron chi connectivity index (χ4n) is 2.82. The van der Waals surface area contributed by atoms with Crippen LogP contribution < -0.4 is 5.32 Å². The molecule has 2 saturated heterocycles. The molecule has 0 amide bonds. The number of hydrogen-bond donors (Lipinski definition) is 1. The largest absolute Gasteiger partial charge is 0.374 e. The highest BCUT2D eigenvalue weighted by Crippen LogP contribution is 2.37. The van der Waals surface area contributed by atoms with Crippen molar-refractivity contribution in [2.45, 2.75) is 57.6 Å². The van der Waals surface area contributed by atoms with Crippen molar-refractivity contribution in [3.63, 3.8) is 0 Å². The molecule has 0 aromatic carbocycles. The second-order valence-electron chi connectivity index (χ2n) is 5.04.